The molecule has 1 aromatic heterocycles. The van der Waals surface area contributed by atoms with Gasteiger partial charge in [0.05, 0.1) is 25.5 Å². The van der Waals surface area contributed by atoms with E-state index in [1.807, 2.05) is 54.6 Å². The third kappa shape index (κ3) is 3.06. The zero-order valence-corrected chi connectivity index (χ0v) is 12.3. The monoisotopic (exact) mass is 292 g/mol. The average molecular weight is 292 g/mol. The molecule has 3 rings (SSSR count). The Kier molecular flexibility index (Phi) is 4.01. The lowest BCUT2D eigenvalue weighted by Gasteiger charge is -2.08. The summed E-state index contributed by atoms with van der Waals surface area (Å²) in [5.74, 6) is 0.802. The van der Waals surface area contributed by atoms with E-state index in [2.05, 4.69) is 4.98 Å². The predicted octanol–water partition coefficient (Wildman–Crippen LogP) is 2.97. The van der Waals surface area contributed by atoms with Gasteiger partial charge in [-0.15, -0.1) is 0 Å². The maximum absolute atomic E-state index is 12.0. The van der Waals surface area contributed by atoms with Crippen molar-refractivity contribution in [2.24, 2.45) is 0 Å². The summed E-state index contributed by atoms with van der Waals surface area (Å²) in [5.41, 5.74) is 2.70. The number of benzene rings is 2. The second-order valence-electron chi connectivity index (χ2n) is 4.95. The van der Waals surface area contributed by atoms with E-state index in [0.717, 1.165) is 22.6 Å². The van der Waals surface area contributed by atoms with Crippen molar-refractivity contribution < 1.29 is 4.74 Å². The second-order valence-corrected chi connectivity index (χ2v) is 4.95. The normalized spacial score (nSPS) is 10.4. The molecule has 0 radical (unpaired) electrons. The number of methoxy groups -OCH3 is 1. The molecule has 0 unspecified atom stereocenters. The van der Waals surface area contributed by atoms with Crippen molar-refractivity contribution in [1.82, 2.24) is 9.55 Å². The van der Waals surface area contributed by atoms with Crippen LogP contribution in [0.2, 0.25) is 0 Å². The molecule has 0 atom stereocenters. The number of ether oxygens (including phenoxy) is 1. The minimum Gasteiger partial charge on any atom is -0.497 e. The largest absolute Gasteiger partial charge is 0.497 e. The molecule has 3 aromatic rings. The molecule has 22 heavy (non-hydrogen) atoms. The van der Waals surface area contributed by atoms with Crippen molar-refractivity contribution in [3.05, 3.63) is 82.9 Å². The quantitative estimate of drug-likeness (QED) is 0.742. The Morgan fingerprint density at radius 3 is 2.45 bits per heavy atom. The number of hydrogen-bond acceptors (Lipinski definition) is 3. The molecule has 4 heteroatoms. The first kappa shape index (κ1) is 14.1. The zero-order valence-electron chi connectivity index (χ0n) is 12.3. The van der Waals surface area contributed by atoms with Crippen molar-refractivity contribution >= 4 is 0 Å². The molecular formula is C18H16N2O2. The highest BCUT2D eigenvalue weighted by Gasteiger charge is 2.04. The van der Waals surface area contributed by atoms with Crippen LogP contribution in [0.15, 0.2) is 71.8 Å². The van der Waals surface area contributed by atoms with Gasteiger partial charge in [0.2, 0.25) is 0 Å². The Morgan fingerprint density at radius 1 is 1.05 bits per heavy atom. The Labute approximate surface area is 128 Å². The summed E-state index contributed by atoms with van der Waals surface area (Å²) in [4.78, 5) is 16.2. The predicted molar refractivity (Wildman–Crippen MR) is 86.0 cm³/mol. The standard InChI is InChI=1S/C18H16N2O2/c1-22-16-9-7-14(8-10-16)12-20-13-17(19-11-18(20)21)15-5-3-2-4-6-15/h2-11,13H,12H2,1H3. The van der Waals surface area contributed by atoms with E-state index in [-0.39, 0.29) is 5.56 Å². The lowest BCUT2D eigenvalue weighted by atomic mass is 10.1. The molecule has 0 spiro atoms. The Hall–Kier alpha value is -2.88. The van der Waals surface area contributed by atoms with Crippen LogP contribution in [0, 0.1) is 0 Å². The molecule has 0 aliphatic heterocycles. The number of hydrogen-bond donors (Lipinski definition) is 0. The van der Waals surface area contributed by atoms with Crippen molar-refractivity contribution in [3.8, 4) is 17.0 Å². The molecule has 4 nitrogen and oxygen atoms in total. The van der Waals surface area contributed by atoms with Crippen LogP contribution in [0.4, 0.5) is 0 Å². The van der Waals surface area contributed by atoms with Crippen LogP contribution >= 0.6 is 0 Å². The third-order valence-corrected chi connectivity index (χ3v) is 3.46. The minimum absolute atomic E-state index is 0.115. The van der Waals surface area contributed by atoms with Crippen LogP contribution in [-0.4, -0.2) is 16.7 Å². The van der Waals surface area contributed by atoms with E-state index < -0.39 is 0 Å². The number of rotatable bonds is 4. The second kappa shape index (κ2) is 6.26. The molecule has 1 heterocycles. The summed E-state index contributed by atoms with van der Waals surface area (Å²) < 4.78 is 6.81. The fraction of sp³-hybridized carbons (Fsp3) is 0.111. The van der Waals surface area contributed by atoms with Crippen molar-refractivity contribution in [2.45, 2.75) is 6.54 Å². The van der Waals surface area contributed by atoms with Gasteiger partial charge < -0.3 is 9.30 Å². The minimum atomic E-state index is -0.115. The number of nitrogens with zero attached hydrogens (tertiary/aromatic N) is 2. The maximum Gasteiger partial charge on any atom is 0.269 e. The third-order valence-electron chi connectivity index (χ3n) is 3.46. The van der Waals surface area contributed by atoms with Gasteiger partial charge >= 0.3 is 0 Å². The van der Waals surface area contributed by atoms with Gasteiger partial charge in [0.1, 0.15) is 5.75 Å². The smallest absolute Gasteiger partial charge is 0.269 e. The highest BCUT2D eigenvalue weighted by molar-refractivity contribution is 5.57. The molecule has 0 aliphatic rings. The van der Waals surface area contributed by atoms with E-state index in [9.17, 15) is 4.79 Å². The van der Waals surface area contributed by atoms with Crippen LogP contribution in [0.25, 0.3) is 11.3 Å². The molecule has 2 aromatic carbocycles. The van der Waals surface area contributed by atoms with Crippen molar-refractivity contribution in [1.29, 1.82) is 0 Å². The van der Waals surface area contributed by atoms with Crippen LogP contribution in [0.1, 0.15) is 5.56 Å². The van der Waals surface area contributed by atoms with Crippen molar-refractivity contribution in [3.63, 3.8) is 0 Å². The topological polar surface area (TPSA) is 44.1 Å². The summed E-state index contributed by atoms with van der Waals surface area (Å²) >= 11 is 0. The lowest BCUT2D eigenvalue weighted by molar-refractivity contribution is 0.414. The van der Waals surface area contributed by atoms with E-state index in [4.69, 9.17) is 4.74 Å². The first-order valence-corrected chi connectivity index (χ1v) is 7.01. The molecule has 0 fully saturated rings. The van der Waals surface area contributed by atoms with E-state index in [0.29, 0.717) is 6.54 Å². The van der Waals surface area contributed by atoms with Gasteiger partial charge in [0, 0.05) is 11.8 Å². The first-order chi connectivity index (χ1) is 10.8. The van der Waals surface area contributed by atoms with Crippen LogP contribution in [0.5, 0.6) is 5.75 Å². The van der Waals surface area contributed by atoms with Gasteiger partial charge in [-0.05, 0) is 17.7 Å². The van der Waals surface area contributed by atoms with E-state index in [1.165, 1.54) is 6.20 Å². The maximum atomic E-state index is 12.0. The van der Waals surface area contributed by atoms with Gasteiger partial charge in [-0.2, -0.15) is 0 Å². The van der Waals surface area contributed by atoms with Gasteiger partial charge in [0.15, 0.2) is 0 Å². The Bertz CT molecular complexity index is 808. The van der Waals surface area contributed by atoms with Crippen LogP contribution in [0.3, 0.4) is 0 Å². The Morgan fingerprint density at radius 2 is 1.77 bits per heavy atom. The lowest BCUT2D eigenvalue weighted by Crippen LogP contribution is -2.20. The van der Waals surface area contributed by atoms with Crippen LogP contribution in [-0.2, 0) is 6.54 Å². The van der Waals surface area contributed by atoms with Gasteiger partial charge in [0.25, 0.3) is 5.56 Å². The highest BCUT2D eigenvalue weighted by atomic mass is 16.5. The summed E-state index contributed by atoms with van der Waals surface area (Å²) in [6, 6.07) is 17.5. The summed E-state index contributed by atoms with van der Waals surface area (Å²) in [7, 11) is 1.63. The Balaban J connectivity index is 1.91. The van der Waals surface area contributed by atoms with Gasteiger partial charge in [-0.25, -0.2) is 4.98 Å². The summed E-state index contributed by atoms with van der Waals surface area (Å²) in [5, 5.41) is 0. The zero-order chi connectivity index (χ0) is 15.4. The fourth-order valence-electron chi connectivity index (χ4n) is 2.25. The first-order valence-electron chi connectivity index (χ1n) is 7.01. The summed E-state index contributed by atoms with van der Waals surface area (Å²) in [6.07, 6.45) is 3.16. The highest BCUT2D eigenvalue weighted by Crippen LogP contribution is 2.15. The molecule has 0 N–H and O–H groups in total. The molecule has 110 valence electrons. The molecule has 0 saturated heterocycles. The fourth-order valence-corrected chi connectivity index (χ4v) is 2.25. The van der Waals surface area contributed by atoms with Gasteiger partial charge in [-0.3, -0.25) is 4.79 Å². The van der Waals surface area contributed by atoms with Crippen LogP contribution < -0.4 is 10.3 Å². The van der Waals surface area contributed by atoms with E-state index in [1.54, 1.807) is 17.9 Å². The SMILES string of the molecule is COc1ccc(Cn2cc(-c3ccccc3)ncc2=O)cc1. The summed E-state index contributed by atoms with van der Waals surface area (Å²) in [6.45, 7) is 0.505. The molecule has 0 saturated carbocycles. The number of aromatic nitrogens is 2. The molecule has 0 amide bonds. The molecule has 0 bridgehead atoms. The average Bonchev–Trinajstić information content (AvgIpc) is 2.58. The van der Waals surface area contributed by atoms with Gasteiger partial charge in [-0.1, -0.05) is 42.5 Å². The molecular weight excluding hydrogens is 276 g/mol. The van der Waals surface area contributed by atoms with Crippen molar-refractivity contribution in [2.75, 3.05) is 7.11 Å². The van der Waals surface area contributed by atoms with E-state index >= 15 is 0 Å². The molecule has 0 aliphatic carbocycles.